The van der Waals surface area contributed by atoms with Crippen LogP contribution in [-0.4, -0.2) is 31.8 Å². The lowest BCUT2D eigenvalue weighted by Crippen LogP contribution is -2.19. The van der Waals surface area contributed by atoms with Gasteiger partial charge in [0.15, 0.2) is 6.61 Å². The number of nitrogens with two attached hydrogens (primary N) is 1. The van der Waals surface area contributed by atoms with Gasteiger partial charge >= 0.3 is 0 Å². The molecule has 1 heterocycles. The Bertz CT molecular complexity index is 359. The van der Waals surface area contributed by atoms with Crippen LogP contribution in [0.3, 0.4) is 0 Å². The van der Waals surface area contributed by atoms with Crippen LogP contribution in [0.2, 0.25) is 0 Å². The highest BCUT2D eigenvalue weighted by Gasteiger charge is 2.22. The van der Waals surface area contributed by atoms with Gasteiger partial charge in [0.1, 0.15) is 24.2 Å². The van der Waals surface area contributed by atoms with Crippen LogP contribution in [0.4, 0.5) is 0 Å². The van der Waals surface area contributed by atoms with Crippen LogP contribution >= 0.6 is 0 Å². The van der Waals surface area contributed by atoms with E-state index in [1.165, 1.54) is 0 Å². The van der Waals surface area contributed by atoms with Crippen LogP contribution in [0, 0.1) is 0 Å². The van der Waals surface area contributed by atoms with Crippen molar-refractivity contribution in [1.82, 2.24) is 0 Å². The van der Waals surface area contributed by atoms with E-state index in [0.717, 1.165) is 12.4 Å². The number of hydrogen-bond donors (Lipinski definition) is 1. The van der Waals surface area contributed by atoms with Crippen LogP contribution in [-0.2, 0) is 9.53 Å². The fourth-order valence-corrected chi connectivity index (χ4v) is 1.14. The monoisotopic (exact) mass is 223 g/mol. The van der Waals surface area contributed by atoms with E-state index in [2.05, 4.69) is 0 Å². The van der Waals surface area contributed by atoms with Gasteiger partial charge in [0.05, 0.1) is 6.61 Å². The molecule has 1 aliphatic rings. The molecular formula is C11H13NO4. The average Bonchev–Trinajstić information content (AvgIpc) is 3.09. The summed E-state index contributed by atoms with van der Waals surface area (Å²) in [6, 6.07) is 7.01. The quantitative estimate of drug-likeness (QED) is 0.705. The van der Waals surface area contributed by atoms with Crippen molar-refractivity contribution in [2.75, 3.05) is 19.8 Å². The summed E-state index contributed by atoms with van der Waals surface area (Å²) in [6.45, 7) is 1.23. The van der Waals surface area contributed by atoms with Gasteiger partial charge in [-0.1, -0.05) is 0 Å². The van der Waals surface area contributed by atoms with Crippen LogP contribution < -0.4 is 15.2 Å². The van der Waals surface area contributed by atoms with Crippen molar-refractivity contribution in [2.24, 2.45) is 5.73 Å². The third-order valence-electron chi connectivity index (χ3n) is 2.04. The van der Waals surface area contributed by atoms with E-state index in [1.807, 2.05) is 0 Å². The minimum Gasteiger partial charge on any atom is -0.491 e. The number of primary amides is 1. The Morgan fingerprint density at radius 3 is 2.38 bits per heavy atom. The lowest BCUT2D eigenvalue weighted by molar-refractivity contribution is -0.119. The summed E-state index contributed by atoms with van der Waals surface area (Å²) in [5.74, 6) is 0.849. The molecule has 0 aliphatic carbocycles. The van der Waals surface area contributed by atoms with E-state index >= 15 is 0 Å². The highest BCUT2D eigenvalue weighted by molar-refractivity contribution is 5.75. The van der Waals surface area contributed by atoms with Crippen LogP contribution in [0.1, 0.15) is 0 Å². The van der Waals surface area contributed by atoms with E-state index in [0.29, 0.717) is 12.4 Å². The van der Waals surface area contributed by atoms with Gasteiger partial charge in [0.2, 0.25) is 0 Å². The lowest BCUT2D eigenvalue weighted by Gasteiger charge is -2.06. The molecule has 2 N–H and O–H groups in total. The molecule has 86 valence electrons. The van der Waals surface area contributed by atoms with Crippen molar-refractivity contribution in [3.8, 4) is 11.5 Å². The fourth-order valence-electron chi connectivity index (χ4n) is 1.14. The molecule has 1 aromatic rings. The highest BCUT2D eigenvalue weighted by atomic mass is 16.6. The first-order valence-corrected chi connectivity index (χ1v) is 4.99. The molecule has 1 amide bonds. The van der Waals surface area contributed by atoms with E-state index in [1.54, 1.807) is 24.3 Å². The molecule has 1 saturated heterocycles. The maximum Gasteiger partial charge on any atom is 0.255 e. The van der Waals surface area contributed by atoms with E-state index < -0.39 is 5.91 Å². The van der Waals surface area contributed by atoms with Gasteiger partial charge in [-0.15, -0.1) is 0 Å². The number of carbonyl (C=O) groups excluding carboxylic acids is 1. The zero-order chi connectivity index (χ0) is 11.4. The van der Waals surface area contributed by atoms with Crippen LogP contribution in [0.15, 0.2) is 24.3 Å². The normalized spacial score (nSPS) is 17.9. The third-order valence-corrected chi connectivity index (χ3v) is 2.04. The second-order valence-electron chi connectivity index (χ2n) is 3.49. The smallest absolute Gasteiger partial charge is 0.255 e. The Hall–Kier alpha value is -1.75. The summed E-state index contributed by atoms with van der Waals surface area (Å²) in [7, 11) is 0. The maximum atomic E-state index is 10.5. The van der Waals surface area contributed by atoms with Crippen LogP contribution in [0.5, 0.6) is 11.5 Å². The largest absolute Gasteiger partial charge is 0.491 e. The molecule has 1 unspecified atom stereocenters. The minimum absolute atomic E-state index is 0.115. The van der Waals surface area contributed by atoms with Gasteiger partial charge in [-0.05, 0) is 24.3 Å². The Morgan fingerprint density at radius 1 is 1.31 bits per heavy atom. The molecular weight excluding hydrogens is 210 g/mol. The Kier molecular flexibility index (Phi) is 3.26. The molecule has 2 rings (SSSR count). The number of hydrogen-bond acceptors (Lipinski definition) is 4. The summed E-state index contributed by atoms with van der Waals surface area (Å²) in [5.41, 5.74) is 4.96. The molecule has 5 heteroatoms. The van der Waals surface area contributed by atoms with Crippen molar-refractivity contribution in [1.29, 1.82) is 0 Å². The molecule has 1 fully saturated rings. The summed E-state index contributed by atoms with van der Waals surface area (Å²) in [5, 5.41) is 0. The Labute approximate surface area is 93.1 Å². The van der Waals surface area contributed by atoms with Gasteiger partial charge in [-0.3, -0.25) is 4.79 Å². The van der Waals surface area contributed by atoms with Crippen molar-refractivity contribution in [3.63, 3.8) is 0 Å². The number of epoxide rings is 1. The molecule has 0 radical (unpaired) electrons. The predicted molar refractivity (Wildman–Crippen MR) is 56.4 cm³/mol. The zero-order valence-corrected chi connectivity index (χ0v) is 8.72. The number of amides is 1. The number of rotatable bonds is 6. The van der Waals surface area contributed by atoms with E-state index in [9.17, 15) is 4.79 Å². The number of benzene rings is 1. The first-order chi connectivity index (χ1) is 7.74. The van der Waals surface area contributed by atoms with Gasteiger partial charge in [-0.25, -0.2) is 0 Å². The van der Waals surface area contributed by atoms with Gasteiger partial charge in [0.25, 0.3) is 5.91 Å². The first kappa shape index (κ1) is 10.8. The summed E-state index contributed by atoms with van der Waals surface area (Å²) >= 11 is 0. The Balaban J connectivity index is 1.80. The van der Waals surface area contributed by atoms with Crippen LogP contribution in [0.25, 0.3) is 0 Å². The predicted octanol–water partition coefficient (Wildman–Crippen LogP) is 0.328. The summed E-state index contributed by atoms with van der Waals surface area (Å²) in [6.07, 6.45) is 0.241. The standard InChI is InChI=1S/C11H13NO4/c12-11(13)7-16-9-3-1-8(2-4-9)14-5-10-6-15-10/h1-4,10H,5-7H2,(H2,12,13). The molecule has 0 bridgehead atoms. The molecule has 1 aromatic carbocycles. The molecule has 1 atom stereocenters. The second kappa shape index (κ2) is 4.85. The zero-order valence-electron chi connectivity index (χ0n) is 8.72. The summed E-state index contributed by atoms with van der Waals surface area (Å²) < 4.78 is 15.6. The third kappa shape index (κ3) is 3.43. The maximum absolute atomic E-state index is 10.5. The average molecular weight is 223 g/mol. The van der Waals surface area contributed by atoms with Gasteiger partial charge < -0.3 is 19.9 Å². The number of ether oxygens (including phenoxy) is 3. The molecule has 1 aliphatic heterocycles. The molecule has 16 heavy (non-hydrogen) atoms. The van der Waals surface area contributed by atoms with Crippen molar-refractivity contribution >= 4 is 5.91 Å². The molecule has 5 nitrogen and oxygen atoms in total. The van der Waals surface area contributed by atoms with E-state index in [4.69, 9.17) is 19.9 Å². The molecule has 0 spiro atoms. The lowest BCUT2D eigenvalue weighted by atomic mass is 10.3. The second-order valence-corrected chi connectivity index (χ2v) is 3.49. The van der Waals surface area contributed by atoms with Crippen molar-refractivity contribution in [3.05, 3.63) is 24.3 Å². The van der Waals surface area contributed by atoms with Crippen molar-refractivity contribution < 1.29 is 19.0 Å². The van der Waals surface area contributed by atoms with Crippen molar-refractivity contribution in [2.45, 2.75) is 6.10 Å². The SMILES string of the molecule is NC(=O)COc1ccc(OCC2CO2)cc1. The Morgan fingerprint density at radius 2 is 1.88 bits per heavy atom. The molecule has 0 aromatic heterocycles. The number of carbonyl (C=O) groups is 1. The van der Waals surface area contributed by atoms with Gasteiger partial charge in [0, 0.05) is 0 Å². The topological polar surface area (TPSA) is 74.1 Å². The van der Waals surface area contributed by atoms with E-state index in [-0.39, 0.29) is 12.7 Å². The fraction of sp³-hybridized carbons (Fsp3) is 0.364. The molecule has 0 saturated carbocycles. The van der Waals surface area contributed by atoms with Gasteiger partial charge in [-0.2, -0.15) is 0 Å². The highest BCUT2D eigenvalue weighted by Crippen LogP contribution is 2.19. The minimum atomic E-state index is -0.494. The summed E-state index contributed by atoms with van der Waals surface area (Å²) in [4.78, 5) is 10.5. The first-order valence-electron chi connectivity index (χ1n) is 4.99.